The Morgan fingerprint density at radius 1 is 1.21 bits per heavy atom. The molecule has 3 rings (SSSR count). The Kier molecular flexibility index (Phi) is 3.33. The molecule has 0 aliphatic heterocycles. The molecule has 1 unspecified atom stereocenters. The third kappa shape index (κ3) is 2.69. The summed E-state index contributed by atoms with van der Waals surface area (Å²) in [6, 6.07) is 12.6. The molecule has 0 saturated carbocycles. The highest BCUT2D eigenvalue weighted by Crippen LogP contribution is 2.21. The molecule has 0 aliphatic carbocycles. The number of rotatable bonds is 4. The summed E-state index contributed by atoms with van der Waals surface area (Å²) in [5.41, 5.74) is 5.20. The predicted octanol–water partition coefficient (Wildman–Crippen LogP) is 4.11. The molecule has 4 heteroatoms. The molecule has 0 radical (unpaired) electrons. The summed E-state index contributed by atoms with van der Waals surface area (Å²) in [6.45, 7) is 2.12. The fraction of sp³-hybridized carbons (Fsp3) is 0.133. The van der Waals surface area contributed by atoms with Gasteiger partial charge in [-0.3, -0.25) is 0 Å². The van der Waals surface area contributed by atoms with Gasteiger partial charge < -0.3 is 9.88 Å². The van der Waals surface area contributed by atoms with Crippen molar-refractivity contribution < 1.29 is 0 Å². The van der Waals surface area contributed by atoms with Crippen LogP contribution in [0.15, 0.2) is 59.7 Å². The highest BCUT2D eigenvalue weighted by atomic mass is 32.1. The molecule has 0 spiro atoms. The van der Waals surface area contributed by atoms with Crippen molar-refractivity contribution in [3.05, 3.63) is 65.4 Å². The second-order valence-corrected chi connectivity index (χ2v) is 5.14. The average molecular weight is 269 g/mol. The molecule has 1 aromatic carbocycles. The van der Waals surface area contributed by atoms with Crippen molar-refractivity contribution >= 4 is 17.0 Å². The number of hydrogen-bond donors (Lipinski definition) is 1. The molecule has 0 fully saturated rings. The molecule has 0 saturated heterocycles. The van der Waals surface area contributed by atoms with Crippen LogP contribution >= 0.6 is 11.3 Å². The normalized spacial score (nSPS) is 12.3. The van der Waals surface area contributed by atoms with Crippen LogP contribution in [0.1, 0.15) is 18.7 Å². The number of benzene rings is 1. The van der Waals surface area contributed by atoms with Gasteiger partial charge in [0.15, 0.2) is 0 Å². The topological polar surface area (TPSA) is 29.9 Å². The fourth-order valence-electron chi connectivity index (χ4n) is 2.02. The maximum Gasteiger partial charge on any atom is 0.0795 e. The van der Waals surface area contributed by atoms with E-state index < -0.39 is 0 Å². The maximum absolute atomic E-state index is 4.34. The smallest absolute Gasteiger partial charge is 0.0795 e. The Balaban J connectivity index is 1.80. The van der Waals surface area contributed by atoms with Gasteiger partial charge in [0, 0.05) is 29.1 Å². The van der Waals surface area contributed by atoms with E-state index in [2.05, 4.69) is 51.4 Å². The van der Waals surface area contributed by atoms with Crippen molar-refractivity contribution in [1.82, 2.24) is 9.55 Å². The zero-order chi connectivity index (χ0) is 13.1. The van der Waals surface area contributed by atoms with Crippen LogP contribution < -0.4 is 5.32 Å². The van der Waals surface area contributed by atoms with Gasteiger partial charge in [0.1, 0.15) is 0 Å². The second-order valence-electron chi connectivity index (χ2n) is 4.42. The van der Waals surface area contributed by atoms with Gasteiger partial charge in [-0.05, 0) is 37.3 Å². The monoisotopic (exact) mass is 269 g/mol. The van der Waals surface area contributed by atoms with E-state index in [0.717, 1.165) is 17.1 Å². The largest absolute Gasteiger partial charge is 0.377 e. The molecule has 2 heterocycles. The third-order valence-corrected chi connectivity index (χ3v) is 3.63. The van der Waals surface area contributed by atoms with Gasteiger partial charge in [-0.15, -0.1) is 11.3 Å². The van der Waals surface area contributed by atoms with Crippen LogP contribution in [0, 0.1) is 0 Å². The van der Waals surface area contributed by atoms with Crippen LogP contribution in [-0.2, 0) is 0 Å². The minimum Gasteiger partial charge on any atom is -0.377 e. The Morgan fingerprint density at radius 2 is 2.05 bits per heavy atom. The molecule has 1 N–H and O–H groups in total. The molecule has 19 heavy (non-hydrogen) atoms. The number of hydrogen-bond acceptors (Lipinski definition) is 3. The van der Waals surface area contributed by atoms with Crippen LogP contribution in [0.3, 0.4) is 0 Å². The number of aromatic nitrogens is 2. The molecule has 0 aliphatic rings. The number of anilines is 1. The number of nitrogens with zero attached hydrogens (tertiary/aromatic N) is 2. The van der Waals surface area contributed by atoms with Crippen molar-refractivity contribution in [2.45, 2.75) is 13.0 Å². The van der Waals surface area contributed by atoms with Crippen molar-refractivity contribution in [2.75, 3.05) is 5.32 Å². The van der Waals surface area contributed by atoms with E-state index in [1.807, 2.05) is 30.0 Å². The lowest BCUT2D eigenvalue weighted by Crippen LogP contribution is -2.07. The van der Waals surface area contributed by atoms with Crippen molar-refractivity contribution in [1.29, 1.82) is 0 Å². The average Bonchev–Trinajstić information content (AvgIpc) is 3.13. The van der Waals surface area contributed by atoms with E-state index in [4.69, 9.17) is 0 Å². The zero-order valence-corrected chi connectivity index (χ0v) is 11.5. The Bertz CT molecular complexity index is 629. The van der Waals surface area contributed by atoms with Gasteiger partial charge in [0.25, 0.3) is 0 Å². The van der Waals surface area contributed by atoms with Gasteiger partial charge in [-0.25, -0.2) is 4.98 Å². The van der Waals surface area contributed by atoms with Crippen molar-refractivity contribution in [3.8, 4) is 5.69 Å². The molecule has 3 aromatic rings. The SMILES string of the molecule is CC(Nc1cccc(-n2cccc2)c1)c1cscn1. The number of nitrogens with one attached hydrogen (secondary N) is 1. The van der Waals surface area contributed by atoms with Gasteiger partial charge in [-0.2, -0.15) is 0 Å². The van der Waals surface area contributed by atoms with Gasteiger partial charge in [0.05, 0.1) is 17.2 Å². The second kappa shape index (κ2) is 5.28. The Labute approximate surface area is 116 Å². The number of thiazole rings is 1. The summed E-state index contributed by atoms with van der Waals surface area (Å²) < 4.78 is 2.10. The summed E-state index contributed by atoms with van der Waals surface area (Å²) in [4.78, 5) is 4.34. The first kappa shape index (κ1) is 12.0. The summed E-state index contributed by atoms with van der Waals surface area (Å²) in [5.74, 6) is 0. The van der Waals surface area contributed by atoms with Crippen molar-refractivity contribution in [3.63, 3.8) is 0 Å². The lowest BCUT2D eigenvalue weighted by Gasteiger charge is -2.14. The first-order valence-corrected chi connectivity index (χ1v) is 7.15. The Hall–Kier alpha value is -2.07. The molecular formula is C15H15N3S. The Morgan fingerprint density at radius 3 is 2.79 bits per heavy atom. The van der Waals surface area contributed by atoms with E-state index in [1.54, 1.807) is 11.3 Å². The first-order valence-electron chi connectivity index (χ1n) is 6.21. The van der Waals surface area contributed by atoms with Gasteiger partial charge in [0.2, 0.25) is 0 Å². The molecule has 1 atom stereocenters. The van der Waals surface area contributed by atoms with E-state index >= 15 is 0 Å². The van der Waals surface area contributed by atoms with Crippen LogP contribution in [0.25, 0.3) is 5.69 Å². The fourth-order valence-corrected chi connectivity index (χ4v) is 2.67. The zero-order valence-electron chi connectivity index (χ0n) is 10.7. The minimum absolute atomic E-state index is 0.214. The van der Waals surface area contributed by atoms with E-state index in [-0.39, 0.29) is 6.04 Å². The molecular weight excluding hydrogens is 254 g/mol. The summed E-state index contributed by atoms with van der Waals surface area (Å²) in [6.07, 6.45) is 4.09. The first-order chi connectivity index (χ1) is 9.33. The maximum atomic E-state index is 4.34. The highest BCUT2D eigenvalue weighted by Gasteiger charge is 2.07. The molecule has 96 valence electrons. The van der Waals surface area contributed by atoms with Gasteiger partial charge >= 0.3 is 0 Å². The highest BCUT2D eigenvalue weighted by molar-refractivity contribution is 7.07. The molecule has 0 bridgehead atoms. The standard InChI is InChI=1S/C15H15N3S/c1-12(15-10-19-11-16-15)17-13-5-4-6-14(9-13)18-7-2-3-8-18/h2-12,17H,1H3. The quantitative estimate of drug-likeness (QED) is 0.772. The summed E-state index contributed by atoms with van der Waals surface area (Å²) in [7, 11) is 0. The third-order valence-electron chi connectivity index (χ3n) is 3.03. The predicted molar refractivity (Wildman–Crippen MR) is 79.9 cm³/mol. The molecule has 2 aromatic heterocycles. The van der Waals surface area contributed by atoms with Crippen molar-refractivity contribution in [2.24, 2.45) is 0 Å². The van der Waals surface area contributed by atoms with Crippen LogP contribution in [-0.4, -0.2) is 9.55 Å². The lowest BCUT2D eigenvalue weighted by atomic mass is 10.2. The minimum atomic E-state index is 0.214. The lowest BCUT2D eigenvalue weighted by molar-refractivity contribution is 0.850. The van der Waals surface area contributed by atoms with Crippen LogP contribution in [0.4, 0.5) is 5.69 Å². The molecule has 0 amide bonds. The van der Waals surface area contributed by atoms with Crippen LogP contribution in [0.2, 0.25) is 0 Å². The molecule has 3 nitrogen and oxygen atoms in total. The van der Waals surface area contributed by atoms with E-state index in [1.165, 1.54) is 0 Å². The van der Waals surface area contributed by atoms with E-state index in [0.29, 0.717) is 0 Å². The van der Waals surface area contributed by atoms with Crippen LogP contribution in [0.5, 0.6) is 0 Å². The summed E-state index contributed by atoms with van der Waals surface area (Å²) >= 11 is 1.62. The van der Waals surface area contributed by atoms with E-state index in [9.17, 15) is 0 Å². The summed E-state index contributed by atoms with van der Waals surface area (Å²) in [5, 5.41) is 5.55. The van der Waals surface area contributed by atoms with Gasteiger partial charge in [-0.1, -0.05) is 6.07 Å².